The van der Waals surface area contributed by atoms with Crippen LogP contribution in [-0.2, 0) is 0 Å². The summed E-state index contributed by atoms with van der Waals surface area (Å²) in [6, 6.07) is 13.6. The first-order chi connectivity index (χ1) is 9.26. The molecule has 1 heterocycles. The van der Waals surface area contributed by atoms with Gasteiger partial charge in [0.2, 0.25) is 0 Å². The molecule has 0 saturated carbocycles. The number of methoxy groups -OCH3 is 1. The van der Waals surface area contributed by atoms with E-state index < -0.39 is 0 Å². The van der Waals surface area contributed by atoms with Gasteiger partial charge >= 0.3 is 0 Å². The lowest BCUT2D eigenvalue weighted by molar-refractivity contribution is 0.415. The second-order valence-electron chi connectivity index (χ2n) is 4.25. The average molecular weight is 273 g/mol. The molecular weight excluding hydrogens is 260 g/mol. The number of aromatic nitrogens is 1. The molecule has 1 aromatic heterocycles. The first kappa shape index (κ1) is 11.9. The fourth-order valence-corrected chi connectivity index (χ4v) is 2.23. The van der Waals surface area contributed by atoms with E-state index in [1.807, 2.05) is 48.7 Å². The number of halogens is 1. The Bertz CT molecular complexity index is 721. The number of hydrogen-bond acceptors (Lipinski definition) is 2. The van der Waals surface area contributed by atoms with Gasteiger partial charge in [-0.3, -0.25) is 0 Å². The zero-order valence-corrected chi connectivity index (χ0v) is 11.2. The van der Waals surface area contributed by atoms with E-state index in [1.165, 1.54) is 0 Å². The number of hydrogen-bond donors (Lipinski definition) is 2. The minimum atomic E-state index is 0.724. The molecule has 3 rings (SSSR count). The summed E-state index contributed by atoms with van der Waals surface area (Å²) >= 11 is 5.97. The van der Waals surface area contributed by atoms with E-state index in [4.69, 9.17) is 16.3 Å². The lowest BCUT2D eigenvalue weighted by Crippen LogP contribution is -1.90. The molecule has 0 aliphatic carbocycles. The van der Waals surface area contributed by atoms with E-state index in [0.29, 0.717) is 0 Å². The maximum Gasteiger partial charge on any atom is 0.120 e. The highest BCUT2D eigenvalue weighted by atomic mass is 35.5. The third-order valence-corrected chi connectivity index (χ3v) is 3.23. The lowest BCUT2D eigenvalue weighted by Gasteiger charge is -2.07. The molecule has 3 aromatic rings. The predicted octanol–water partition coefficient (Wildman–Crippen LogP) is 4.57. The van der Waals surface area contributed by atoms with Crippen molar-refractivity contribution in [1.82, 2.24) is 4.98 Å². The van der Waals surface area contributed by atoms with Crippen LogP contribution >= 0.6 is 11.6 Å². The van der Waals surface area contributed by atoms with Crippen LogP contribution < -0.4 is 10.1 Å². The third kappa shape index (κ3) is 2.37. The minimum Gasteiger partial charge on any atom is -0.497 e. The molecule has 2 N–H and O–H groups in total. The summed E-state index contributed by atoms with van der Waals surface area (Å²) in [6.07, 6.45) is 1.93. The van der Waals surface area contributed by atoms with Crippen molar-refractivity contribution in [2.75, 3.05) is 12.4 Å². The molecule has 2 aromatic carbocycles. The lowest BCUT2D eigenvalue weighted by atomic mass is 10.2. The summed E-state index contributed by atoms with van der Waals surface area (Å²) in [5.41, 5.74) is 3.01. The quantitative estimate of drug-likeness (QED) is 0.733. The van der Waals surface area contributed by atoms with Gasteiger partial charge in [-0.25, -0.2) is 0 Å². The Labute approximate surface area is 116 Å². The van der Waals surface area contributed by atoms with Crippen LogP contribution in [0.15, 0.2) is 48.7 Å². The number of anilines is 2. The van der Waals surface area contributed by atoms with Crippen LogP contribution in [0.4, 0.5) is 11.4 Å². The average Bonchev–Trinajstić information content (AvgIpc) is 2.81. The molecule has 0 atom stereocenters. The van der Waals surface area contributed by atoms with Crippen molar-refractivity contribution in [3.63, 3.8) is 0 Å². The maximum absolute atomic E-state index is 5.97. The van der Waals surface area contributed by atoms with E-state index in [2.05, 4.69) is 10.3 Å². The van der Waals surface area contributed by atoms with Gasteiger partial charge in [0.15, 0.2) is 0 Å². The zero-order valence-electron chi connectivity index (χ0n) is 10.4. The van der Waals surface area contributed by atoms with Gasteiger partial charge < -0.3 is 15.0 Å². The molecule has 0 unspecified atom stereocenters. The molecule has 19 heavy (non-hydrogen) atoms. The first-order valence-electron chi connectivity index (χ1n) is 5.94. The first-order valence-corrected chi connectivity index (χ1v) is 6.32. The number of benzene rings is 2. The molecular formula is C15H13ClN2O. The van der Waals surface area contributed by atoms with Gasteiger partial charge in [0.25, 0.3) is 0 Å². The summed E-state index contributed by atoms with van der Waals surface area (Å²) in [4.78, 5) is 3.20. The van der Waals surface area contributed by atoms with Gasteiger partial charge in [0.05, 0.1) is 12.8 Å². The van der Waals surface area contributed by atoms with E-state index in [1.54, 1.807) is 7.11 Å². The highest BCUT2D eigenvalue weighted by Crippen LogP contribution is 2.29. The van der Waals surface area contributed by atoms with Gasteiger partial charge in [-0.2, -0.15) is 0 Å². The van der Waals surface area contributed by atoms with Crippen molar-refractivity contribution >= 4 is 33.9 Å². The van der Waals surface area contributed by atoms with Crippen LogP contribution in [0.25, 0.3) is 10.9 Å². The minimum absolute atomic E-state index is 0.724. The van der Waals surface area contributed by atoms with Gasteiger partial charge in [-0.05, 0) is 30.3 Å². The number of rotatable bonds is 3. The summed E-state index contributed by atoms with van der Waals surface area (Å²) in [5.74, 6) is 0.827. The van der Waals surface area contributed by atoms with Crippen LogP contribution in [0.2, 0.25) is 5.02 Å². The third-order valence-electron chi connectivity index (χ3n) is 2.99. The predicted molar refractivity (Wildman–Crippen MR) is 79.6 cm³/mol. The second-order valence-corrected chi connectivity index (χ2v) is 4.69. The highest BCUT2D eigenvalue weighted by molar-refractivity contribution is 6.31. The van der Waals surface area contributed by atoms with Gasteiger partial charge in [0, 0.05) is 33.9 Å². The fraction of sp³-hybridized carbons (Fsp3) is 0.0667. The molecule has 4 heteroatoms. The van der Waals surface area contributed by atoms with Crippen molar-refractivity contribution < 1.29 is 4.74 Å². The summed E-state index contributed by atoms with van der Waals surface area (Å²) < 4.78 is 5.21. The molecule has 3 nitrogen and oxygen atoms in total. The SMILES string of the molecule is COc1cccc(Nc2c[nH]c3cc(Cl)ccc23)c1. The molecule has 0 amide bonds. The van der Waals surface area contributed by atoms with Crippen LogP contribution in [0, 0.1) is 0 Å². The fourth-order valence-electron chi connectivity index (χ4n) is 2.06. The van der Waals surface area contributed by atoms with Crippen molar-refractivity contribution in [1.29, 1.82) is 0 Å². The van der Waals surface area contributed by atoms with Crippen molar-refractivity contribution in [3.8, 4) is 5.75 Å². The molecule has 0 spiro atoms. The number of aromatic amines is 1. The van der Waals surface area contributed by atoms with Gasteiger partial charge in [-0.15, -0.1) is 0 Å². The van der Waals surface area contributed by atoms with Crippen LogP contribution in [0.5, 0.6) is 5.75 Å². The van der Waals surface area contributed by atoms with Crippen LogP contribution in [0.1, 0.15) is 0 Å². The largest absolute Gasteiger partial charge is 0.497 e. The Morgan fingerprint density at radius 2 is 2.05 bits per heavy atom. The number of nitrogens with one attached hydrogen (secondary N) is 2. The topological polar surface area (TPSA) is 37.0 Å². The Morgan fingerprint density at radius 3 is 2.89 bits per heavy atom. The second kappa shape index (κ2) is 4.86. The normalized spacial score (nSPS) is 10.6. The Balaban J connectivity index is 1.96. The molecule has 96 valence electrons. The van der Waals surface area contributed by atoms with Gasteiger partial charge in [-0.1, -0.05) is 17.7 Å². The Hall–Kier alpha value is -2.13. The zero-order chi connectivity index (χ0) is 13.2. The van der Waals surface area contributed by atoms with Gasteiger partial charge in [0.1, 0.15) is 5.75 Å². The molecule has 0 aliphatic heterocycles. The number of ether oxygens (including phenoxy) is 1. The molecule has 0 saturated heterocycles. The number of H-pyrrole nitrogens is 1. The molecule has 0 bridgehead atoms. The van der Waals surface area contributed by atoms with Crippen molar-refractivity contribution in [3.05, 3.63) is 53.7 Å². The summed E-state index contributed by atoms with van der Waals surface area (Å²) in [7, 11) is 1.66. The Morgan fingerprint density at radius 1 is 1.16 bits per heavy atom. The van der Waals surface area contributed by atoms with E-state index in [-0.39, 0.29) is 0 Å². The number of fused-ring (bicyclic) bond motifs is 1. The molecule has 0 fully saturated rings. The monoisotopic (exact) mass is 272 g/mol. The maximum atomic E-state index is 5.97. The molecule has 0 aliphatic rings. The standard InChI is InChI=1S/C15H13ClN2O/c1-19-12-4-2-3-11(8-12)18-15-9-17-14-7-10(16)5-6-13(14)15/h2-9,17-18H,1H3. The Kier molecular flexibility index (Phi) is 3.05. The molecule has 0 radical (unpaired) electrons. The van der Waals surface area contributed by atoms with E-state index in [0.717, 1.165) is 33.0 Å². The summed E-state index contributed by atoms with van der Waals surface area (Å²) in [6.45, 7) is 0. The van der Waals surface area contributed by atoms with Crippen molar-refractivity contribution in [2.45, 2.75) is 0 Å². The highest BCUT2D eigenvalue weighted by Gasteiger charge is 2.04. The summed E-state index contributed by atoms with van der Waals surface area (Å²) in [5, 5.41) is 5.19. The smallest absolute Gasteiger partial charge is 0.120 e. The van der Waals surface area contributed by atoms with E-state index in [9.17, 15) is 0 Å². The van der Waals surface area contributed by atoms with Crippen LogP contribution in [0.3, 0.4) is 0 Å². The van der Waals surface area contributed by atoms with E-state index >= 15 is 0 Å². The van der Waals surface area contributed by atoms with Crippen molar-refractivity contribution in [2.24, 2.45) is 0 Å². The van der Waals surface area contributed by atoms with Crippen LogP contribution in [-0.4, -0.2) is 12.1 Å².